The van der Waals surface area contributed by atoms with E-state index in [9.17, 15) is 9.00 Å². The van der Waals surface area contributed by atoms with Gasteiger partial charge in [0, 0.05) is 11.1 Å². The lowest BCUT2D eigenvalue weighted by Gasteiger charge is -2.32. The monoisotopic (exact) mass is 496 g/mol. The quantitative estimate of drug-likeness (QED) is 0.255. The van der Waals surface area contributed by atoms with Gasteiger partial charge in [0.1, 0.15) is 11.0 Å². The SMILES string of the molecule is COC(=O)[C@H](N=C(c1ccccc1)c1ccccc1)[C@@H](N[S@@](=O)c1ccc(C)cc1)C(C)(C)Cl. The summed E-state index contributed by atoms with van der Waals surface area (Å²) < 4.78 is 21.4. The zero-order valence-electron chi connectivity index (χ0n) is 19.7. The third-order valence-electron chi connectivity index (χ3n) is 5.33. The second-order valence-electron chi connectivity index (χ2n) is 8.42. The van der Waals surface area contributed by atoms with Crippen LogP contribution in [0.15, 0.2) is 94.8 Å². The Morgan fingerprint density at radius 3 is 1.88 bits per heavy atom. The minimum absolute atomic E-state index is 0.573. The third-order valence-corrected chi connectivity index (χ3v) is 6.73. The van der Waals surface area contributed by atoms with Crippen molar-refractivity contribution in [1.82, 2.24) is 4.72 Å². The fourth-order valence-electron chi connectivity index (χ4n) is 3.46. The Labute approximate surface area is 208 Å². The predicted octanol–water partition coefficient (Wildman–Crippen LogP) is 5.07. The highest BCUT2D eigenvalue weighted by molar-refractivity contribution is 7.83. The van der Waals surface area contributed by atoms with Crippen molar-refractivity contribution in [2.75, 3.05) is 7.11 Å². The number of esters is 1. The molecule has 178 valence electrons. The van der Waals surface area contributed by atoms with Gasteiger partial charge in [-0.3, -0.25) is 4.99 Å². The Hall–Kier alpha value is -2.80. The summed E-state index contributed by atoms with van der Waals surface area (Å²) in [4.78, 5) is 17.5. The Balaban J connectivity index is 2.10. The molecule has 3 atom stereocenters. The number of nitrogens with zero attached hydrogens (tertiary/aromatic N) is 1. The van der Waals surface area contributed by atoms with Crippen molar-refractivity contribution in [2.24, 2.45) is 4.99 Å². The molecule has 0 fully saturated rings. The fourth-order valence-corrected chi connectivity index (χ4v) is 4.87. The number of halogens is 1. The molecule has 5 nitrogen and oxygen atoms in total. The van der Waals surface area contributed by atoms with Gasteiger partial charge in [-0.1, -0.05) is 78.4 Å². The van der Waals surface area contributed by atoms with Crippen molar-refractivity contribution in [2.45, 2.75) is 42.6 Å². The van der Waals surface area contributed by atoms with Crippen molar-refractivity contribution in [1.29, 1.82) is 0 Å². The van der Waals surface area contributed by atoms with Gasteiger partial charge in [-0.15, -0.1) is 11.6 Å². The first-order valence-corrected chi connectivity index (χ1v) is 12.4. The Kier molecular flexibility index (Phi) is 8.78. The molecule has 0 bridgehead atoms. The van der Waals surface area contributed by atoms with Gasteiger partial charge in [-0.05, 0) is 32.9 Å². The molecule has 0 saturated heterocycles. The molecular formula is C27H29ClN2O3S. The average molecular weight is 497 g/mol. The van der Waals surface area contributed by atoms with Crippen molar-refractivity contribution in [3.05, 3.63) is 102 Å². The summed E-state index contributed by atoms with van der Waals surface area (Å²) in [6, 6.07) is 24.7. The van der Waals surface area contributed by atoms with Gasteiger partial charge in [0.15, 0.2) is 6.04 Å². The molecule has 34 heavy (non-hydrogen) atoms. The van der Waals surface area contributed by atoms with E-state index in [0.717, 1.165) is 16.7 Å². The van der Waals surface area contributed by atoms with Crippen LogP contribution in [0.25, 0.3) is 0 Å². The first-order chi connectivity index (χ1) is 16.2. The van der Waals surface area contributed by atoms with Gasteiger partial charge in [0.2, 0.25) is 0 Å². The number of ether oxygens (including phenoxy) is 1. The molecule has 3 rings (SSSR count). The number of alkyl halides is 1. The van der Waals surface area contributed by atoms with Crippen LogP contribution < -0.4 is 4.72 Å². The zero-order valence-corrected chi connectivity index (χ0v) is 21.3. The lowest BCUT2D eigenvalue weighted by atomic mass is 9.95. The number of aliphatic imine (C=N–C) groups is 1. The van der Waals surface area contributed by atoms with Gasteiger partial charge < -0.3 is 4.74 Å². The van der Waals surface area contributed by atoms with Gasteiger partial charge in [0.25, 0.3) is 0 Å². The first-order valence-electron chi connectivity index (χ1n) is 10.9. The molecular weight excluding hydrogens is 468 g/mol. The highest BCUT2D eigenvalue weighted by Crippen LogP contribution is 2.26. The first kappa shape index (κ1) is 25.8. The maximum Gasteiger partial charge on any atom is 0.332 e. The number of methoxy groups -OCH3 is 1. The van der Waals surface area contributed by atoms with Crippen molar-refractivity contribution in [3.8, 4) is 0 Å². The molecule has 0 aliphatic heterocycles. The van der Waals surface area contributed by atoms with E-state index in [-0.39, 0.29) is 0 Å². The summed E-state index contributed by atoms with van der Waals surface area (Å²) >= 11 is 6.75. The molecule has 0 amide bonds. The molecule has 3 aromatic carbocycles. The topological polar surface area (TPSA) is 67.8 Å². The van der Waals surface area contributed by atoms with Crippen LogP contribution in [-0.4, -0.2) is 40.0 Å². The van der Waals surface area contributed by atoms with E-state index >= 15 is 0 Å². The lowest BCUT2D eigenvalue weighted by molar-refractivity contribution is -0.142. The van der Waals surface area contributed by atoms with Gasteiger partial charge in [-0.2, -0.15) is 0 Å². The van der Waals surface area contributed by atoms with Gasteiger partial charge >= 0.3 is 5.97 Å². The summed E-state index contributed by atoms with van der Waals surface area (Å²) in [7, 11) is -0.312. The molecule has 0 aliphatic rings. The second-order valence-corrected chi connectivity index (χ2v) is 10.6. The van der Waals surface area contributed by atoms with Crippen LogP contribution in [0.5, 0.6) is 0 Å². The van der Waals surface area contributed by atoms with E-state index in [2.05, 4.69) is 4.72 Å². The van der Waals surface area contributed by atoms with Crippen molar-refractivity contribution < 1.29 is 13.7 Å². The van der Waals surface area contributed by atoms with Crippen LogP contribution in [-0.2, 0) is 20.5 Å². The summed E-state index contributed by atoms with van der Waals surface area (Å²) in [6.45, 7) is 5.48. The predicted molar refractivity (Wildman–Crippen MR) is 139 cm³/mol. The number of hydrogen-bond donors (Lipinski definition) is 1. The third kappa shape index (κ3) is 6.63. The van der Waals surface area contributed by atoms with Gasteiger partial charge in [0.05, 0.1) is 28.6 Å². The largest absolute Gasteiger partial charge is 0.467 e. The number of rotatable bonds is 9. The highest BCUT2D eigenvalue weighted by atomic mass is 35.5. The minimum atomic E-state index is -1.62. The zero-order chi connectivity index (χ0) is 24.7. The number of benzene rings is 3. The summed E-state index contributed by atoms with van der Waals surface area (Å²) in [5.41, 5.74) is 3.36. The smallest absolute Gasteiger partial charge is 0.332 e. The number of carbonyl (C=O) groups is 1. The molecule has 0 radical (unpaired) electrons. The van der Waals surface area contributed by atoms with E-state index in [4.69, 9.17) is 21.3 Å². The minimum Gasteiger partial charge on any atom is -0.467 e. The van der Waals surface area contributed by atoms with E-state index in [1.165, 1.54) is 7.11 Å². The molecule has 0 unspecified atom stereocenters. The maximum absolute atomic E-state index is 13.2. The number of carbonyl (C=O) groups excluding carboxylic acids is 1. The van der Waals surface area contributed by atoms with E-state index in [1.807, 2.05) is 79.7 Å². The molecule has 0 spiro atoms. The fraction of sp³-hybridized carbons (Fsp3) is 0.259. The van der Waals surface area contributed by atoms with E-state index in [1.54, 1.807) is 26.0 Å². The molecule has 0 saturated carbocycles. The number of nitrogens with one attached hydrogen (secondary N) is 1. The average Bonchev–Trinajstić information content (AvgIpc) is 2.84. The lowest BCUT2D eigenvalue weighted by Crippen LogP contribution is -2.54. The Bertz CT molecular complexity index is 1100. The molecule has 0 heterocycles. The maximum atomic E-state index is 13.2. The van der Waals surface area contributed by atoms with Crippen LogP contribution >= 0.6 is 11.6 Å². The van der Waals surface area contributed by atoms with E-state index < -0.39 is 33.9 Å². The molecule has 1 N–H and O–H groups in total. The van der Waals surface area contributed by atoms with Crippen LogP contribution in [0.1, 0.15) is 30.5 Å². The second kappa shape index (κ2) is 11.6. The molecule has 3 aromatic rings. The summed E-state index contributed by atoms with van der Waals surface area (Å²) in [5, 5.41) is 0. The standard InChI is InChI=1S/C27H29ClN2O3S/c1-19-15-17-22(18-16-19)34(32)30-25(27(2,3)28)24(26(31)33-4)29-23(20-11-7-5-8-12-20)21-13-9-6-10-14-21/h5-18,24-25,30H,1-4H3/t24-,25-,34+/m1/s1. The Morgan fingerprint density at radius 1 is 0.941 bits per heavy atom. The van der Waals surface area contributed by atoms with Crippen LogP contribution in [0.3, 0.4) is 0 Å². The van der Waals surface area contributed by atoms with E-state index in [0.29, 0.717) is 10.6 Å². The number of hydrogen-bond acceptors (Lipinski definition) is 4. The van der Waals surface area contributed by atoms with Crippen molar-refractivity contribution in [3.63, 3.8) is 0 Å². The molecule has 7 heteroatoms. The van der Waals surface area contributed by atoms with Crippen LogP contribution in [0, 0.1) is 6.92 Å². The number of aryl methyl sites for hydroxylation is 1. The highest BCUT2D eigenvalue weighted by Gasteiger charge is 2.40. The van der Waals surface area contributed by atoms with Crippen LogP contribution in [0.2, 0.25) is 0 Å². The normalized spacial score (nSPS) is 14.0. The summed E-state index contributed by atoms with van der Waals surface area (Å²) in [6.07, 6.45) is 0. The van der Waals surface area contributed by atoms with Crippen molar-refractivity contribution >= 4 is 34.3 Å². The van der Waals surface area contributed by atoms with Crippen LogP contribution in [0.4, 0.5) is 0 Å². The Morgan fingerprint density at radius 2 is 1.44 bits per heavy atom. The molecule has 0 aliphatic carbocycles. The molecule has 0 aromatic heterocycles. The summed E-state index contributed by atoms with van der Waals surface area (Å²) in [5.74, 6) is -0.573. The van der Waals surface area contributed by atoms with Gasteiger partial charge in [-0.25, -0.2) is 13.7 Å².